The van der Waals surface area contributed by atoms with Crippen LogP contribution in [0.1, 0.15) is 57.1 Å². The molecule has 2 aliphatic heterocycles. The molecule has 2 aromatic carbocycles. The number of hydrogen-bond donors (Lipinski definition) is 2. The number of benzene rings is 2. The molecule has 0 radical (unpaired) electrons. The Hall–Kier alpha value is -3.72. The van der Waals surface area contributed by atoms with Gasteiger partial charge in [-0.1, -0.05) is 73.5 Å². The molecule has 1 amide bonds. The van der Waals surface area contributed by atoms with E-state index < -0.39 is 23.8 Å². The van der Waals surface area contributed by atoms with Crippen LogP contribution in [0.15, 0.2) is 64.3 Å². The Balaban J connectivity index is 1.35. The summed E-state index contributed by atoms with van der Waals surface area (Å²) in [4.78, 5) is 21.3. The van der Waals surface area contributed by atoms with Crippen molar-refractivity contribution in [3.8, 4) is 11.1 Å². The van der Waals surface area contributed by atoms with E-state index in [0.717, 1.165) is 16.8 Å². The minimum absolute atomic E-state index is 0.0356. The van der Waals surface area contributed by atoms with Crippen molar-refractivity contribution < 1.29 is 23.7 Å². The molecule has 1 unspecified atom stereocenters. The Morgan fingerprint density at radius 1 is 1.24 bits per heavy atom. The standard InChI is InChI=1S/C29H33FN4O4/c1-5-20-14-25(37-32-20)26(17(2)3)28(36)34-16-21(35)15-24(34)27-31-29(4,38-33-27)19-12-10-18(11-13-19)22-8-6-7-9-23(22)30/h6-14,17,21,24,26,35H,5,15-16H2,1-4H3,(H,31,33)/t21-,24+,26-,29?/m1/s1. The summed E-state index contributed by atoms with van der Waals surface area (Å²) in [6.45, 7) is 7.95. The molecule has 200 valence electrons. The predicted molar refractivity (Wildman–Crippen MR) is 140 cm³/mol. The van der Waals surface area contributed by atoms with Crippen LogP contribution in [0.4, 0.5) is 4.39 Å². The van der Waals surface area contributed by atoms with Gasteiger partial charge in [0.05, 0.1) is 17.8 Å². The molecule has 3 heterocycles. The number of β-amino-alcohol motifs (C(OH)–C–C–N with tert-alkyl or cyclic N) is 1. The number of nitrogens with zero attached hydrogens (tertiary/aromatic N) is 3. The van der Waals surface area contributed by atoms with Crippen LogP contribution in [0.2, 0.25) is 0 Å². The third kappa shape index (κ3) is 4.78. The van der Waals surface area contributed by atoms with Gasteiger partial charge in [0.25, 0.3) is 0 Å². The van der Waals surface area contributed by atoms with E-state index in [1.165, 1.54) is 6.07 Å². The molecule has 4 atom stereocenters. The Morgan fingerprint density at radius 3 is 2.63 bits per heavy atom. The zero-order chi connectivity index (χ0) is 27.0. The molecule has 1 aromatic heterocycles. The monoisotopic (exact) mass is 520 g/mol. The molecule has 2 N–H and O–H groups in total. The largest absolute Gasteiger partial charge is 0.391 e. The maximum absolute atomic E-state index is 14.2. The lowest BCUT2D eigenvalue weighted by molar-refractivity contribution is -0.134. The Morgan fingerprint density at radius 2 is 1.97 bits per heavy atom. The van der Waals surface area contributed by atoms with Crippen LogP contribution in [-0.2, 0) is 21.8 Å². The highest BCUT2D eigenvalue weighted by molar-refractivity contribution is 5.94. The zero-order valence-electron chi connectivity index (χ0n) is 22.0. The van der Waals surface area contributed by atoms with Gasteiger partial charge in [-0.3, -0.25) is 4.79 Å². The van der Waals surface area contributed by atoms with Gasteiger partial charge in [0.15, 0.2) is 5.84 Å². The van der Waals surface area contributed by atoms with E-state index in [0.29, 0.717) is 30.0 Å². The fourth-order valence-corrected chi connectivity index (χ4v) is 5.23. The minimum Gasteiger partial charge on any atom is -0.391 e. The Kier molecular flexibility index (Phi) is 6.96. The molecule has 9 heteroatoms. The first-order valence-electron chi connectivity index (χ1n) is 13.0. The van der Waals surface area contributed by atoms with Crippen molar-refractivity contribution in [3.63, 3.8) is 0 Å². The van der Waals surface area contributed by atoms with Gasteiger partial charge in [0.2, 0.25) is 11.6 Å². The van der Waals surface area contributed by atoms with Crippen molar-refractivity contribution in [2.24, 2.45) is 11.1 Å². The van der Waals surface area contributed by atoms with Crippen molar-refractivity contribution in [2.45, 2.75) is 64.3 Å². The highest BCUT2D eigenvalue weighted by Crippen LogP contribution is 2.35. The maximum atomic E-state index is 14.2. The summed E-state index contributed by atoms with van der Waals surface area (Å²) in [5.74, 6) is 0.00657. The Labute approximate surface area is 221 Å². The minimum atomic E-state index is -0.982. The molecule has 1 saturated heterocycles. The molecule has 1 fully saturated rings. The van der Waals surface area contributed by atoms with Crippen molar-refractivity contribution >= 4 is 11.7 Å². The van der Waals surface area contributed by atoms with Crippen LogP contribution in [-0.4, -0.2) is 45.6 Å². The van der Waals surface area contributed by atoms with Crippen LogP contribution < -0.4 is 5.32 Å². The van der Waals surface area contributed by atoms with Gasteiger partial charge in [0, 0.05) is 37.1 Å². The summed E-state index contributed by atoms with van der Waals surface area (Å²) in [5.41, 5.74) is 1.88. The first-order valence-corrected chi connectivity index (χ1v) is 13.0. The molecular weight excluding hydrogens is 487 g/mol. The number of likely N-dealkylation sites (tertiary alicyclic amines) is 1. The van der Waals surface area contributed by atoms with Crippen LogP contribution in [0, 0.1) is 11.7 Å². The summed E-state index contributed by atoms with van der Waals surface area (Å²) >= 11 is 0. The number of oxime groups is 1. The average molecular weight is 521 g/mol. The zero-order valence-corrected chi connectivity index (χ0v) is 22.0. The lowest BCUT2D eigenvalue weighted by Gasteiger charge is -2.30. The van der Waals surface area contributed by atoms with E-state index in [4.69, 9.17) is 9.36 Å². The second-order valence-corrected chi connectivity index (χ2v) is 10.5. The fourth-order valence-electron chi connectivity index (χ4n) is 5.23. The highest BCUT2D eigenvalue weighted by atomic mass is 19.1. The van der Waals surface area contributed by atoms with E-state index >= 15 is 0 Å². The second-order valence-electron chi connectivity index (χ2n) is 10.5. The third-order valence-electron chi connectivity index (χ3n) is 7.37. The summed E-state index contributed by atoms with van der Waals surface area (Å²) in [6.07, 6.45) is 0.366. The van der Waals surface area contributed by atoms with Crippen LogP contribution in [0.5, 0.6) is 0 Å². The molecule has 38 heavy (non-hydrogen) atoms. The highest BCUT2D eigenvalue weighted by Gasteiger charge is 2.46. The molecule has 3 aromatic rings. The number of carbonyl (C=O) groups excluding carboxylic acids is 1. The van der Waals surface area contributed by atoms with Gasteiger partial charge in [-0.15, -0.1) is 0 Å². The molecule has 0 aliphatic carbocycles. The number of aliphatic hydroxyl groups is 1. The predicted octanol–water partition coefficient (Wildman–Crippen LogP) is 4.55. The average Bonchev–Trinajstić information content (AvgIpc) is 3.63. The van der Waals surface area contributed by atoms with Crippen molar-refractivity contribution in [2.75, 3.05) is 6.54 Å². The lowest BCUT2D eigenvalue weighted by Crippen LogP contribution is -2.50. The van der Waals surface area contributed by atoms with Gasteiger partial charge in [-0.25, -0.2) is 4.39 Å². The van der Waals surface area contributed by atoms with E-state index in [2.05, 4.69) is 15.6 Å². The quantitative estimate of drug-likeness (QED) is 0.474. The van der Waals surface area contributed by atoms with Gasteiger partial charge in [-0.2, -0.15) is 0 Å². The first-order chi connectivity index (χ1) is 18.2. The molecule has 0 saturated carbocycles. The number of rotatable bonds is 7. The van der Waals surface area contributed by atoms with E-state index in [1.807, 2.05) is 58.0 Å². The SMILES string of the molecule is CCc1cc([C@H](C(=O)N2C[C@H](O)C[C@H]2C2=NOC(C)(c3ccc(-c4ccccc4F)cc3)N2)C(C)C)on1. The van der Waals surface area contributed by atoms with E-state index in [9.17, 15) is 14.3 Å². The smallest absolute Gasteiger partial charge is 0.234 e. The topological polar surface area (TPSA) is 100 Å². The molecule has 5 rings (SSSR count). The van der Waals surface area contributed by atoms with Crippen molar-refractivity contribution in [1.29, 1.82) is 0 Å². The number of aryl methyl sites for hydroxylation is 1. The van der Waals surface area contributed by atoms with Crippen molar-refractivity contribution in [3.05, 3.63) is 77.4 Å². The van der Waals surface area contributed by atoms with E-state index in [1.54, 1.807) is 23.1 Å². The molecule has 2 aliphatic rings. The fraction of sp³-hybridized carbons (Fsp3) is 0.414. The van der Waals surface area contributed by atoms with Crippen molar-refractivity contribution in [1.82, 2.24) is 15.4 Å². The Bertz CT molecular complexity index is 1340. The molecule has 0 spiro atoms. The number of nitrogens with one attached hydrogen (secondary N) is 1. The van der Waals surface area contributed by atoms with Gasteiger partial charge >= 0.3 is 0 Å². The molecular formula is C29H33FN4O4. The summed E-state index contributed by atoms with van der Waals surface area (Å²) in [7, 11) is 0. The van der Waals surface area contributed by atoms with Gasteiger partial charge in [0.1, 0.15) is 17.5 Å². The van der Waals surface area contributed by atoms with Gasteiger partial charge in [-0.05, 0) is 24.0 Å². The normalized spacial score (nSPS) is 23.8. The third-order valence-corrected chi connectivity index (χ3v) is 7.37. The summed E-state index contributed by atoms with van der Waals surface area (Å²) in [5, 5.41) is 22.2. The van der Waals surface area contributed by atoms with Crippen LogP contribution in [0.3, 0.4) is 0 Å². The number of hydrogen-bond acceptors (Lipinski definition) is 7. The molecule has 0 bridgehead atoms. The second kappa shape index (κ2) is 10.2. The lowest BCUT2D eigenvalue weighted by atomic mass is 9.91. The summed E-state index contributed by atoms with van der Waals surface area (Å²) < 4.78 is 19.8. The van der Waals surface area contributed by atoms with Crippen LogP contribution >= 0.6 is 0 Å². The number of halogens is 1. The first kappa shape index (κ1) is 25.9. The maximum Gasteiger partial charge on any atom is 0.234 e. The number of aliphatic hydroxyl groups excluding tert-OH is 1. The van der Waals surface area contributed by atoms with Gasteiger partial charge < -0.3 is 24.7 Å². The molecule has 8 nitrogen and oxygen atoms in total. The number of carbonyl (C=O) groups is 1. The van der Waals surface area contributed by atoms with Crippen LogP contribution in [0.25, 0.3) is 11.1 Å². The summed E-state index contributed by atoms with van der Waals surface area (Å²) in [6, 6.07) is 15.4. The number of aromatic nitrogens is 1. The number of amidine groups is 1. The van der Waals surface area contributed by atoms with E-state index in [-0.39, 0.29) is 24.2 Å². The number of amides is 1.